The fourth-order valence-corrected chi connectivity index (χ4v) is 5.13. The average molecular weight is 448 g/mol. The summed E-state index contributed by atoms with van der Waals surface area (Å²) in [7, 11) is 1.63. The molecule has 4 atom stereocenters. The monoisotopic (exact) mass is 447 g/mol. The Morgan fingerprint density at radius 1 is 1.27 bits per heavy atom. The van der Waals surface area contributed by atoms with E-state index in [1.807, 2.05) is 6.92 Å². The summed E-state index contributed by atoms with van der Waals surface area (Å²) >= 11 is 0. The van der Waals surface area contributed by atoms with E-state index in [1.165, 1.54) is 16.8 Å². The van der Waals surface area contributed by atoms with Crippen molar-refractivity contribution in [2.45, 2.75) is 43.9 Å². The summed E-state index contributed by atoms with van der Waals surface area (Å²) in [6, 6.07) is 10.2. The lowest BCUT2D eigenvalue weighted by atomic mass is 9.78. The molecule has 5 rings (SSSR count). The smallest absolute Gasteiger partial charge is 0.253 e. The van der Waals surface area contributed by atoms with Crippen molar-refractivity contribution in [2.24, 2.45) is 13.0 Å². The molecule has 0 saturated carbocycles. The predicted molar refractivity (Wildman–Crippen MR) is 124 cm³/mol. The molecule has 2 fully saturated rings. The second-order valence-corrected chi connectivity index (χ2v) is 9.27. The Kier molecular flexibility index (Phi) is 5.12. The molecule has 170 valence electrons. The van der Waals surface area contributed by atoms with Gasteiger partial charge in [0.1, 0.15) is 17.7 Å². The minimum atomic E-state index is -1.02. The Morgan fingerprint density at radius 3 is 2.82 bits per heavy atom. The van der Waals surface area contributed by atoms with Crippen molar-refractivity contribution in [3.8, 4) is 28.4 Å². The molecule has 7 nitrogen and oxygen atoms in total. The molecule has 0 radical (unpaired) electrons. The van der Waals surface area contributed by atoms with Crippen LogP contribution in [0, 0.1) is 5.92 Å². The van der Waals surface area contributed by atoms with Crippen LogP contribution in [0.5, 0.6) is 5.75 Å². The maximum Gasteiger partial charge on any atom is 0.253 e. The third-order valence-electron chi connectivity index (χ3n) is 7.08. The van der Waals surface area contributed by atoms with E-state index in [1.54, 1.807) is 37.4 Å². The van der Waals surface area contributed by atoms with Crippen molar-refractivity contribution < 1.29 is 9.50 Å². The first-order chi connectivity index (χ1) is 15.8. The normalized spacial score (nSPS) is 26.3. The highest BCUT2D eigenvalue weighted by molar-refractivity contribution is 5.73. The van der Waals surface area contributed by atoms with Crippen molar-refractivity contribution in [3.63, 3.8) is 0 Å². The summed E-state index contributed by atoms with van der Waals surface area (Å²) < 4.78 is 16.7. The number of hydrogen-bond donors (Lipinski definition) is 2. The molecule has 33 heavy (non-hydrogen) atoms. The molecule has 3 aromatic rings. The maximum absolute atomic E-state index is 15.3. The predicted octanol–water partition coefficient (Wildman–Crippen LogP) is 3.49. The Labute approximate surface area is 191 Å². The molecule has 1 unspecified atom stereocenters. The van der Waals surface area contributed by atoms with Crippen LogP contribution in [-0.2, 0) is 7.05 Å². The highest BCUT2D eigenvalue weighted by Gasteiger charge is 2.51. The zero-order valence-electron chi connectivity index (χ0n) is 18.6. The molecule has 0 spiro atoms. The van der Waals surface area contributed by atoms with Crippen LogP contribution in [0.1, 0.15) is 31.9 Å². The minimum absolute atomic E-state index is 0.00171. The number of fused-ring (bicyclic) bond motifs is 2. The molecule has 2 aromatic heterocycles. The van der Waals surface area contributed by atoms with Crippen molar-refractivity contribution in [1.82, 2.24) is 25.1 Å². The molecule has 2 aliphatic rings. The number of allylic oxidation sites excluding steroid dienone is 1. The van der Waals surface area contributed by atoms with Gasteiger partial charge in [-0.1, -0.05) is 12.6 Å². The van der Waals surface area contributed by atoms with Gasteiger partial charge in [-0.15, -0.1) is 5.10 Å². The van der Waals surface area contributed by atoms with Crippen LogP contribution in [0.2, 0.25) is 0 Å². The first kappa shape index (κ1) is 21.5. The number of hydrogen-bond acceptors (Lipinski definition) is 6. The van der Waals surface area contributed by atoms with E-state index >= 15 is 4.39 Å². The van der Waals surface area contributed by atoms with Crippen LogP contribution in [0.15, 0.2) is 54.0 Å². The van der Waals surface area contributed by atoms with Crippen molar-refractivity contribution in [1.29, 1.82) is 0 Å². The summed E-state index contributed by atoms with van der Waals surface area (Å²) in [6.45, 7) is 6.10. The van der Waals surface area contributed by atoms with Gasteiger partial charge in [0.05, 0.1) is 11.4 Å². The number of nitrogens with one attached hydrogen (secondary N) is 1. The summed E-state index contributed by atoms with van der Waals surface area (Å²) in [5, 5.41) is 22.6. The number of phenolic OH excluding ortho intramolecular Hbond substituents is 1. The molecule has 1 aromatic carbocycles. The molecule has 2 aliphatic heterocycles. The van der Waals surface area contributed by atoms with Gasteiger partial charge in [-0.3, -0.25) is 9.36 Å². The average Bonchev–Trinajstić information content (AvgIpc) is 3.15. The Bertz CT molecular complexity index is 1290. The van der Waals surface area contributed by atoms with E-state index in [9.17, 15) is 9.90 Å². The summed E-state index contributed by atoms with van der Waals surface area (Å²) in [6.07, 6.45) is 2.93. The van der Waals surface area contributed by atoms with Crippen molar-refractivity contribution >= 4 is 5.57 Å². The molecular formula is C25H26FN5O2. The fraction of sp³-hybridized carbons (Fsp3) is 0.360. The highest BCUT2D eigenvalue weighted by atomic mass is 19.1. The molecule has 8 heteroatoms. The zero-order chi connectivity index (χ0) is 23.3. The number of nitrogens with zero attached hydrogens (tertiary/aromatic N) is 4. The largest absolute Gasteiger partial charge is 0.507 e. The van der Waals surface area contributed by atoms with Gasteiger partial charge in [-0.05, 0) is 56.0 Å². The standard InChI is InChI=1S/C25H26FN5O2/c1-14(18-13-16-8-10-25(2,28-16)23(18)26)19-6-7-20(30-29-19)17-5-4-15(12-21(17)32)24-27-11-9-22(33)31(24)3/h4-7,9,11-12,16,18,23,28,32H,1,8,10,13H2,2-3H3/t16?,18-,23-,25-/m0/s1. The number of benzene rings is 1. The van der Waals surface area contributed by atoms with E-state index in [0.29, 0.717) is 46.4 Å². The number of alkyl halides is 1. The van der Waals surface area contributed by atoms with Crippen LogP contribution in [0.3, 0.4) is 0 Å². The van der Waals surface area contributed by atoms with E-state index in [0.717, 1.165) is 12.8 Å². The van der Waals surface area contributed by atoms with Crippen LogP contribution < -0.4 is 10.9 Å². The lowest BCUT2D eigenvalue weighted by molar-refractivity contribution is 0.103. The third kappa shape index (κ3) is 3.64. The van der Waals surface area contributed by atoms with Gasteiger partial charge in [0.15, 0.2) is 0 Å². The van der Waals surface area contributed by atoms with Gasteiger partial charge in [0, 0.05) is 47.9 Å². The van der Waals surface area contributed by atoms with E-state index < -0.39 is 11.7 Å². The zero-order valence-corrected chi connectivity index (χ0v) is 18.6. The molecular weight excluding hydrogens is 421 g/mol. The van der Waals surface area contributed by atoms with Gasteiger partial charge in [0.25, 0.3) is 5.56 Å². The third-order valence-corrected chi connectivity index (χ3v) is 7.08. The van der Waals surface area contributed by atoms with Gasteiger partial charge < -0.3 is 10.4 Å². The van der Waals surface area contributed by atoms with Crippen molar-refractivity contribution in [3.05, 3.63) is 65.2 Å². The van der Waals surface area contributed by atoms with Crippen molar-refractivity contribution in [2.75, 3.05) is 0 Å². The van der Waals surface area contributed by atoms with E-state index in [-0.39, 0.29) is 17.2 Å². The molecule has 0 aliphatic carbocycles. The SMILES string of the molecule is C=C(c1ccc(-c2ccc(-c3nccc(=O)n3C)cc2O)nn1)[C@@H]1CC2CC[C@](C)(N2)[C@H]1F. The molecule has 4 heterocycles. The Balaban J connectivity index is 1.39. The second-order valence-electron chi connectivity index (χ2n) is 9.27. The Morgan fingerprint density at radius 2 is 2.09 bits per heavy atom. The number of aromatic hydroxyl groups is 1. The summed E-state index contributed by atoms with van der Waals surface area (Å²) in [5.74, 6) is 0.159. The maximum atomic E-state index is 15.3. The fourth-order valence-electron chi connectivity index (χ4n) is 5.13. The van der Waals surface area contributed by atoms with E-state index in [4.69, 9.17) is 0 Å². The summed E-state index contributed by atoms with van der Waals surface area (Å²) in [4.78, 5) is 16.1. The first-order valence-electron chi connectivity index (χ1n) is 11.1. The number of aromatic nitrogens is 4. The summed E-state index contributed by atoms with van der Waals surface area (Å²) in [5.41, 5.74) is 2.13. The molecule has 2 bridgehead atoms. The van der Waals surface area contributed by atoms with Gasteiger partial charge >= 0.3 is 0 Å². The number of piperidine rings is 1. The Hall–Kier alpha value is -3.39. The molecule has 2 saturated heterocycles. The number of phenols is 1. The van der Waals surface area contributed by atoms with Crippen LogP contribution in [-0.4, -0.2) is 42.6 Å². The van der Waals surface area contributed by atoms with Crippen LogP contribution in [0.25, 0.3) is 28.2 Å². The molecule has 0 amide bonds. The van der Waals surface area contributed by atoms with Gasteiger partial charge in [-0.25, -0.2) is 9.37 Å². The molecule has 2 N–H and O–H groups in total. The number of halogens is 1. The van der Waals surface area contributed by atoms with Crippen LogP contribution >= 0.6 is 0 Å². The lowest BCUT2D eigenvalue weighted by Gasteiger charge is -2.40. The second kappa shape index (κ2) is 7.88. The first-order valence-corrected chi connectivity index (χ1v) is 11.1. The van der Waals surface area contributed by atoms with Gasteiger partial charge in [0.2, 0.25) is 0 Å². The lowest BCUT2D eigenvalue weighted by Crippen LogP contribution is -2.56. The number of rotatable bonds is 4. The van der Waals surface area contributed by atoms with Gasteiger partial charge in [-0.2, -0.15) is 5.10 Å². The van der Waals surface area contributed by atoms with E-state index in [2.05, 4.69) is 27.1 Å². The minimum Gasteiger partial charge on any atom is -0.507 e. The quantitative estimate of drug-likeness (QED) is 0.636. The topological polar surface area (TPSA) is 92.9 Å². The highest BCUT2D eigenvalue weighted by Crippen LogP contribution is 2.45. The van der Waals surface area contributed by atoms with Crippen LogP contribution in [0.4, 0.5) is 4.39 Å².